The molecule has 7 aromatic carbocycles. The summed E-state index contributed by atoms with van der Waals surface area (Å²) in [4.78, 5) is 15.7. The van der Waals surface area contributed by atoms with Gasteiger partial charge in [-0.25, -0.2) is 15.0 Å². The second kappa shape index (κ2) is 14.7. The maximum atomic E-state index is 7.38. The standard InChI is InChI=1S/C59H48N4OSSi/c1-66(2)53-25-13-22-43(47-32-46-41-20-9-10-21-42(41)56-48(33-60-34-61-56)40-19-8-7-18-39(40)45(46)31-44(47)36-16-5-6-17-36)57(53)64-52-29-26-37(30-54(52)66)55-38(35-14-3-4-15-35)27-28-51-58(55)65-59-62-49-23-11-12-24-50(49)63(51)59/h7-13,18-36H,3-6,14-17H2,1-2H3. The maximum Gasteiger partial charge on any atom is 0.195 e. The van der Waals surface area contributed by atoms with Gasteiger partial charge in [-0.3, -0.25) is 4.40 Å². The largest absolute Gasteiger partial charge is 0.457 e. The minimum absolute atomic E-state index is 0.475. The summed E-state index contributed by atoms with van der Waals surface area (Å²) in [6.07, 6.45) is 13.7. The molecule has 66 heavy (non-hydrogen) atoms. The lowest BCUT2D eigenvalue weighted by Crippen LogP contribution is -2.56. The Bertz CT molecular complexity index is 3650. The Balaban J connectivity index is 0.953. The number of thiazole rings is 1. The predicted octanol–water partition coefficient (Wildman–Crippen LogP) is 15.1. The van der Waals surface area contributed by atoms with Crippen LogP contribution in [0.4, 0.5) is 0 Å². The van der Waals surface area contributed by atoms with E-state index in [2.05, 4.69) is 156 Å². The molecule has 5 nitrogen and oxygen atoms in total. The minimum atomic E-state index is -2.32. The molecular weight excluding hydrogens is 841 g/mol. The van der Waals surface area contributed by atoms with Crippen molar-refractivity contribution < 1.29 is 4.74 Å². The van der Waals surface area contributed by atoms with Gasteiger partial charge in [0.05, 0.1) is 26.9 Å². The van der Waals surface area contributed by atoms with Crippen molar-refractivity contribution in [2.75, 3.05) is 0 Å². The molecule has 0 spiro atoms. The molecule has 2 fully saturated rings. The van der Waals surface area contributed by atoms with E-state index in [-0.39, 0.29) is 0 Å². The number of aromatic nitrogens is 4. The number of ether oxygens (including phenoxy) is 1. The number of fused-ring (bicyclic) bond motifs is 15. The normalized spacial score (nSPS) is 16.3. The minimum Gasteiger partial charge on any atom is -0.457 e. The van der Waals surface area contributed by atoms with Gasteiger partial charge in [-0.2, -0.15) is 0 Å². The lowest BCUT2D eigenvalue weighted by Gasteiger charge is -2.35. The average Bonchev–Trinajstić information content (AvgIpc) is 4.20. The van der Waals surface area contributed by atoms with E-state index in [1.54, 1.807) is 6.33 Å². The third-order valence-electron chi connectivity index (χ3n) is 15.7. The van der Waals surface area contributed by atoms with E-state index in [0.29, 0.717) is 11.8 Å². The van der Waals surface area contributed by atoms with Crippen molar-refractivity contribution in [2.24, 2.45) is 0 Å². The van der Waals surface area contributed by atoms with Crippen LogP contribution in [0.5, 0.6) is 11.5 Å². The van der Waals surface area contributed by atoms with Gasteiger partial charge in [-0.1, -0.05) is 147 Å². The molecule has 0 unspecified atom stereocenters. The fourth-order valence-corrected chi connectivity index (χ4v) is 16.5. The van der Waals surface area contributed by atoms with Crippen LogP contribution in [0.1, 0.15) is 74.3 Å². The fraction of sp³-hybridized carbons (Fsp3) is 0.203. The average molecular weight is 889 g/mol. The summed E-state index contributed by atoms with van der Waals surface area (Å²) >= 11 is 1.85. The second-order valence-electron chi connectivity index (χ2n) is 19.6. The van der Waals surface area contributed by atoms with E-state index in [9.17, 15) is 0 Å². The van der Waals surface area contributed by atoms with Crippen molar-refractivity contribution in [3.8, 4) is 78.4 Å². The lowest BCUT2D eigenvalue weighted by atomic mass is 9.78. The quantitative estimate of drug-likeness (QED) is 0.165. The smallest absolute Gasteiger partial charge is 0.195 e. The molecule has 0 N–H and O–H groups in total. The molecule has 1 aliphatic heterocycles. The SMILES string of the molecule is C[Si]1(C)c2cc(-c3c(C4CCCC4)ccc4c3sc3nc5ccccc5n34)ccc2Oc2c(-c3cc4c(cc3C3CCCC3)-c3ccccc3-c3cncnc3-c3ccccc3-4)cccc21. The van der Waals surface area contributed by atoms with Gasteiger partial charge in [0, 0.05) is 28.5 Å². The Morgan fingerprint density at radius 2 is 1.26 bits per heavy atom. The zero-order chi connectivity index (χ0) is 43.7. The Morgan fingerprint density at radius 3 is 2.06 bits per heavy atom. The highest BCUT2D eigenvalue weighted by atomic mass is 32.1. The molecule has 10 aromatic rings. The first-order chi connectivity index (χ1) is 32.5. The van der Waals surface area contributed by atoms with Crippen LogP contribution >= 0.6 is 11.3 Å². The van der Waals surface area contributed by atoms with Crippen LogP contribution in [0.25, 0.3) is 93.1 Å². The van der Waals surface area contributed by atoms with Gasteiger partial charge in [0.1, 0.15) is 25.9 Å². The Kier molecular flexibility index (Phi) is 8.57. The van der Waals surface area contributed by atoms with E-state index >= 15 is 0 Å². The number of hydrogen-bond acceptors (Lipinski definition) is 5. The Morgan fingerprint density at radius 1 is 0.576 bits per heavy atom. The number of imidazole rings is 1. The number of para-hydroxylation sites is 3. The molecule has 0 amide bonds. The highest BCUT2D eigenvalue weighted by Gasteiger charge is 2.39. The summed E-state index contributed by atoms with van der Waals surface area (Å²) in [5.74, 6) is 3.08. The van der Waals surface area contributed by atoms with Gasteiger partial charge in [-0.05, 0) is 134 Å². The summed E-state index contributed by atoms with van der Waals surface area (Å²) in [5.41, 5.74) is 20.9. The first kappa shape index (κ1) is 38.6. The molecular formula is C59H48N4OSSi. The third kappa shape index (κ3) is 5.66. The van der Waals surface area contributed by atoms with Crippen LogP contribution in [0.15, 0.2) is 146 Å². The van der Waals surface area contributed by atoms with Crippen LogP contribution in [-0.2, 0) is 0 Å². The summed E-state index contributed by atoms with van der Waals surface area (Å²) in [5, 5.41) is 2.73. The van der Waals surface area contributed by atoms with Crippen molar-refractivity contribution in [2.45, 2.75) is 76.3 Å². The number of benzene rings is 7. The number of nitrogens with zero attached hydrogens (tertiary/aromatic N) is 4. The highest BCUT2D eigenvalue weighted by Crippen LogP contribution is 2.53. The van der Waals surface area contributed by atoms with Crippen molar-refractivity contribution >= 4 is 56.0 Å². The zero-order valence-corrected chi connectivity index (χ0v) is 39.1. The van der Waals surface area contributed by atoms with Crippen LogP contribution in [0, 0.1) is 0 Å². The zero-order valence-electron chi connectivity index (χ0n) is 37.3. The van der Waals surface area contributed by atoms with Crippen molar-refractivity contribution in [3.05, 3.63) is 157 Å². The predicted molar refractivity (Wildman–Crippen MR) is 276 cm³/mol. The van der Waals surface area contributed by atoms with Gasteiger partial charge < -0.3 is 4.74 Å². The van der Waals surface area contributed by atoms with Gasteiger partial charge in [0.25, 0.3) is 0 Å². The maximum absolute atomic E-state index is 7.38. The highest BCUT2D eigenvalue weighted by molar-refractivity contribution is 7.24. The monoisotopic (exact) mass is 888 g/mol. The summed E-state index contributed by atoms with van der Waals surface area (Å²) in [7, 11) is -2.32. The van der Waals surface area contributed by atoms with Crippen LogP contribution in [-0.4, -0.2) is 27.4 Å². The number of rotatable bonds is 4. The van der Waals surface area contributed by atoms with Gasteiger partial charge in [0.2, 0.25) is 0 Å². The molecule has 3 aliphatic carbocycles. The summed E-state index contributed by atoms with van der Waals surface area (Å²) in [6, 6.07) is 50.3. The summed E-state index contributed by atoms with van der Waals surface area (Å²) in [6.45, 7) is 5.07. The van der Waals surface area contributed by atoms with Crippen LogP contribution in [0.2, 0.25) is 13.1 Å². The van der Waals surface area contributed by atoms with Crippen LogP contribution < -0.4 is 15.1 Å². The summed E-state index contributed by atoms with van der Waals surface area (Å²) < 4.78 is 11.1. The molecule has 0 atom stereocenters. The molecule has 4 aliphatic rings. The lowest BCUT2D eigenvalue weighted by molar-refractivity contribution is 0.488. The third-order valence-corrected chi connectivity index (χ3v) is 20.3. The van der Waals surface area contributed by atoms with Crippen molar-refractivity contribution in [1.82, 2.24) is 19.4 Å². The van der Waals surface area contributed by atoms with E-state index in [1.165, 1.54) is 139 Å². The second-order valence-corrected chi connectivity index (χ2v) is 24.9. The number of hydrogen-bond donors (Lipinski definition) is 0. The molecule has 4 heterocycles. The molecule has 320 valence electrons. The topological polar surface area (TPSA) is 52.3 Å². The molecule has 14 rings (SSSR count). The van der Waals surface area contributed by atoms with E-state index in [1.807, 2.05) is 17.5 Å². The molecule has 3 aromatic heterocycles. The molecule has 2 saturated carbocycles. The Labute approximate surface area is 389 Å². The first-order valence-electron chi connectivity index (χ1n) is 24.0. The van der Waals surface area contributed by atoms with E-state index < -0.39 is 8.07 Å². The van der Waals surface area contributed by atoms with Gasteiger partial charge in [0.15, 0.2) is 4.96 Å². The Hall–Kier alpha value is -6.67. The molecule has 0 bridgehead atoms. The molecule has 7 heteroatoms. The van der Waals surface area contributed by atoms with Gasteiger partial charge in [-0.15, -0.1) is 0 Å². The fourth-order valence-electron chi connectivity index (χ4n) is 12.5. The van der Waals surface area contributed by atoms with Crippen molar-refractivity contribution in [1.29, 1.82) is 0 Å². The molecule has 0 saturated heterocycles. The van der Waals surface area contributed by atoms with Crippen LogP contribution in [0.3, 0.4) is 0 Å². The molecule has 0 radical (unpaired) electrons. The first-order valence-corrected chi connectivity index (χ1v) is 27.8. The van der Waals surface area contributed by atoms with E-state index in [0.717, 1.165) is 38.8 Å². The van der Waals surface area contributed by atoms with Crippen molar-refractivity contribution in [3.63, 3.8) is 0 Å². The van der Waals surface area contributed by atoms with E-state index in [4.69, 9.17) is 14.7 Å². The van der Waals surface area contributed by atoms with Gasteiger partial charge >= 0.3 is 0 Å².